The van der Waals surface area contributed by atoms with Crippen LogP contribution in [0.15, 0.2) is 55.0 Å². The van der Waals surface area contributed by atoms with Gasteiger partial charge in [-0.3, -0.25) is 0 Å². The fourth-order valence-corrected chi connectivity index (χ4v) is 3.64. The molecule has 6 nitrogen and oxygen atoms in total. The first-order chi connectivity index (χ1) is 14.3. The Balaban J connectivity index is 1.69. The van der Waals surface area contributed by atoms with E-state index in [2.05, 4.69) is 26.0 Å². The predicted octanol–water partition coefficient (Wildman–Crippen LogP) is 5.05. The number of nitrogens with zero attached hydrogens (tertiary/aromatic N) is 3. The highest BCUT2D eigenvalue weighted by molar-refractivity contribution is 5.86. The van der Waals surface area contributed by atoms with E-state index in [4.69, 9.17) is 9.97 Å². The molecule has 6 rings (SSSR count). The van der Waals surface area contributed by atoms with Gasteiger partial charge in [0.25, 0.3) is 0 Å². The van der Waals surface area contributed by atoms with Crippen molar-refractivity contribution in [3.05, 3.63) is 77.8 Å². The first-order valence-electron chi connectivity index (χ1n) is 9.36. The zero-order valence-electron chi connectivity index (χ0n) is 15.3. The van der Waals surface area contributed by atoms with E-state index < -0.39 is 0 Å². The van der Waals surface area contributed by atoms with E-state index in [0.717, 1.165) is 56.1 Å². The van der Waals surface area contributed by atoms with Crippen LogP contribution in [0.25, 0.3) is 57.6 Å². The third kappa shape index (κ3) is 2.96. The maximum atomic E-state index is 4.73. The van der Waals surface area contributed by atoms with E-state index in [0.29, 0.717) is 0 Å². The van der Waals surface area contributed by atoms with Crippen LogP contribution >= 0.6 is 0 Å². The fraction of sp³-hybridized carbons (Fsp3) is 0. The molecule has 0 fully saturated rings. The van der Waals surface area contributed by atoms with Gasteiger partial charge in [-0.1, -0.05) is 0 Å². The van der Waals surface area contributed by atoms with Gasteiger partial charge in [0, 0.05) is 28.3 Å². The van der Waals surface area contributed by atoms with Crippen LogP contribution in [0.2, 0.25) is 0 Å². The topological polar surface area (TPSA) is 86.0 Å². The summed E-state index contributed by atoms with van der Waals surface area (Å²) in [6.45, 7) is 0. The first-order valence-corrected chi connectivity index (χ1v) is 9.36. The van der Waals surface area contributed by atoms with Crippen LogP contribution in [0.4, 0.5) is 0 Å². The van der Waals surface area contributed by atoms with Crippen molar-refractivity contribution >= 4 is 46.4 Å². The average Bonchev–Trinajstić information content (AvgIpc) is 3.50. The molecule has 4 aromatic heterocycles. The van der Waals surface area contributed by atoms with E-state index in [1.165, 1.54) is 0 Å². The minimum Gasteiger partial charge on any atom is -0.355 e. The van der Waals surface area contributed by atoms with Crippen LogP contribution < -0.4 is 0 Å². The highest BCUT2D eigenvalue weighted by atomic mass is 14.9. The van der Waals surface area contributed by atoms with Crippen LogP contribution in [-0.2, 0) is 0 Å². The van der Waals surface area contributed by atoms with Crippen LogP contribution in [0.3, 0.4) is 0 Å². The van der Waals surface area contributed by atoms with Crippen LogP contribution in [0.1, 0.15) is 22.8 Å². The number of H-pyrrole nitrogens is 3. The van der Waals surface area contributed by atoms with Gasteiger partial charge in [0.2, 0.25) is 0 Å². The van der Waals surface area contributed by atoms with Crippen molar-refractivity contribution in [3.63, 3.8) is 0 Å². The van der Waals surface area contributed by atoms with Gasteiger partial charge in [-0.2, -0.15) is 0 Å². The summed E-state index contributed by atoms with van der Waals surface area (Å²) in [6, 6.07) is 14.3. The van der Waals surface area contributed by atoms with Crippen molar-refractivity contribution < 1.29 is 0 Å². The lowest BCUT2D eigenvalue weighted by molar-refractivity contribution is 1.31. The monoisotopic (exact) mass is 376 g/mol. The molecule has 6 heteroatoms. The molecule has 0 saturated heterocycles. The third-order valence-electron chi connectivity index (χ3n) is 4.94. The molecule has 0 radical (unpaired) electrons. The van der Waals surface area contributed by atoms with Crippen molar-refractivity contribution in [1.82, 2.24) is 29.9 Å². The second kappa shape index (κ2) is 6.17. The van der Waals surface area contributed by atoms with E-state index in [9.17, 15) is 0 Å². The van der Waals surface area contributed by atoms with Gasteiger partial charge in [0.05, 0.1) is 40.3 Å². The van der Waals surface area contributed by atoms with Crippen LogP contribution in [0, 0.1) is 0 Å². The second-order valence-corrected chi connectivity index (χ2v) is 7.04. The Morgan fingerprint density at radius 3 is 1.86 bits per heavy atom. The number of aromatic nitrogens is 6. The number of nitrogens with one attached hydrogen (secondary N) is 3. The highest BCUT2D eigenvalue weighted by Gasteiger charge is 2.08. The number of aromatic amines is 3. The predicted molar refractivity (Wildman–Crippen MR) is 116 cm³/mol. The summed E-state index contributed by atoms with van der Waals surface area (Å²) in [4.78, 5) is 23.7. The van der Waals surface area contributed by atoms with Crippen molar-refractivity contribution in [2.24, 2.45) is 0 Å². The SMILES string of the molecule is C1=Cc2cc3cc(-c4c[nH]cn4)c(cc4nc(cc5ccc(cc1n2)[nH]5)C=C4)[nH]3. The normalized spacial score (nSPS) is 12.6. The fourth-order valence-electron chi connectivity index (χ4n) is 3.64. The molecule has 0 aromatic carbocycles. The smallest absolute Gasteiger partial charge is 0.0927 e. The Labute approximate surface area is 165 Å². The summed E-state index contributed by atoms with van der Waals surface area (Å²) in [5, 5.41) is 0. The molecular weight excluding hydrogens is 360 g/mol. The Kier molecular flexibility index (Phi) is 3.37. The maximum absolute atomic E-state index is 4.73. The minimum atomic E-state index is 0.881. The minimum absolute atomic E-state index is 0.881. The van der Waals surface area contributed by atoms with Gasteiger partial charge in [-0.15, -0.1) is 0 Å². The lowest BCUT2D eigenvalue weighted by Crippen LogP contribution is -1.77. The summed E-state index contributed by atoms with van der Waals surface area (Å²) < 4.78 is 0. The quantitative estimate of drug-likeness (QED) is 0.375. The van der Waals surface area contributed by atoms with Gasteiger partial charge in [0.15, 0.2) is 0 Å². The summed E-state index contributed by atoms with van der Waals surface area (Å²) in [6.07, 6.45) is 11.6. The summed E-state index contributed by atoms with van der Waals surface area (Å²) in [5.41, 5.74) is 9.44. The molecule has 6 heterocycles. The van der Waals surface area contributed by atoms with E-state index in [-0.39, 0.29) is 0 Å². The largest absolute Gasteiger partial charge is 0.355 e. The van der Waals surface area contributed by atoms with Crippen molar-refractivity contribution in [1.29, 1.82) is 0 Å². The molecule has 0 unspecified atom stereocenters. The molecule has 0 amide bonds. The molecule has 0 atom stereocenters. The molecule has 29 heavy (non-hydrogen) atoms. The lowest BCUT2D eigenvalue weighted by atomic mass is 10.2. The molecule has 3 N–H and O–H groups in total. The number of hydrogen-bond acceptors (Lipinski definition) is 3. The summed E-state index contributed by atoms with van der Waals surface area (Å²) >= 11 is 0. The summed E-state index contributed by atoms with van der Waals surface area (Å²) in [5.74, 6) is 0. The Morgan fingerprint density at radius 1 is 0.621 bits per heavy atom. The molecule has 138 valence electrons. The Bertz CT molecular complexity index is 1450. The number of fused-ring (bicyclic) bond motifs is 8. The molecular formula is C23H16N6. The van der Waals surface area contributed by atoms with Gasteiger partial charge < -0.3 is 15.0 Å². The molecule has 2 aliphatic rings. The standard InChI is InChI=1S/C23H16N6/c1-2-15-8-17-5-6-19(28-17)11-22-21(23-12-24-13-25-23)10-20(29-22)9-18-4-3-16(27-18)7-14(1)26-15/h1-13,26,29H,(H,24,25). The van der Waals surface area contributed by atoms with Crippen molar-refractivity contribution in [3.8, 4) is 11.3 Å². The maximum Gasteiger partial charge on any atom is 0.0927 e. The van der Waals surface area contributed by atoms with E-state index in [1.807, 2.05) is 66.9 Å². The lowest BCUT2D eigenvalue weighted by Gasteiger charge is -1.91. The Morgan fingerprint density at radius 2 is 1.24 bits per heavy atom. The van der Waals surface area contributed by atoms with Crippen molar-refractivity contribution in [2.75, 3.05) is 0 Å². The van der Waals surface area contributed by atoms with Gasteiger partial charge in [-0.25, -0.2) is 15.0 Å². The molecule has 0 saturated carbocycles. The average molecular weight is 376 g/mol. The molecule has 0 aliphatic carbocycles. The van der Waals surface area contributed by atoms with E-state index in [1.54, 1.807) is 6.33 Å². The molecule has 8 bridgehead atoms. The second-order valence-electron chi connectivity index (χ2n) is 7.04. The van der Waals surface area contributed by atoms with Gasteiger partial charge >= 0.3 is 0 Å². The van der Waals surface area contributed by atoms with Gasteiger partial charge in [0.1, 0.15) is 0 Å². The third-order valence-corrected chi connectivity index (χ3v) is 4.94. The number of hydrogen-bond donors (Lipinski definition) is 3. The molecule has 0 spiro atoms. The number of imidazole rings is 1. The molecule has 4 aromatic rings. The van der Waals surface area contributed by atoms with Crippen LogP contribution in [-0.4, -0.2) is 29.9 Å². The number of rotatable bonds is 1. The van der Waals surface area contributed by atoms with Gasteiger partial charge in [-0.05, 0) is 66.8 Å². The molecule has 2 aliphatic heterocycles. The zero-order chi connectivity index (χ0) is 19.2. The Hall–Kier alpha value is -4.19. The zero-order valence-corrected chi connectivity index (χ0v) is 15.3. The van der Waals surface area contributed by atoms with E-state index >= 15 is 0 Å². The summed E-state index contributed by atoms with van der Waals surface area (Å²) in [7, 11) is 0. The van der Waals surface area contributed by atoms with Crippen molar-refractivity contribution in [2.45, 2.75) is 0 Å². The highest BCUT2D eigenvalue weighted by Crippen LogP contribution is 2.26. The van der Waals surface area contributed by atoms with Crippen LogP contribution in [0.5, 0.6) is 0 Å². The first kappa shape index (κ1) is 15.8.